The first-order valence-corrected chi connectivity index (χ1v) is 9.51. The van der Waals surface area contributed by atoms with E-state index in [9.17, 15) is 13.2 Å². The molecule has 7 heteroatoms. The highest BCUT2D eigenvalue weighted by Gasteiger charge is 2.24. The highest BCUT2D eigenvalue weighted by atomic mass is 32.2. The summed E-state index contributed by atoms with van der Waals surface area (Å²) in [5.74, 6) is -0.724. The van der Waals surface area contributed by atoms with Gasteiger partial charge in [0.05, 0.1) is 16.2 Å². The van der Waals surface area contributed by atoms with Crippen LogP contribution in [0.4, 0.5) is 0 Å². The lowest BCUT2D eigenvalue weighted by Gasteiger charge is -2.21. The molecule has 1 N–H and O–H groups in total. The van der Waals surface area contributed by atoms with Crippen molar-refractivity contribution >= 4 is 15.9 Å². The lowest BCUT2D eigenvalue weighted by Crippen LogP contribution is -2.32. The Morgan fingerprint density at radius 1 is 1.24 bits per heavy atom. The van der Waals surface area contributed by atoms with E-state index >= 15 is 0 Å². The molecule has 0 bridgehead atoms. The van der Waals surface area contributed by atoms with Crippen molar-refractivity contribution in [2.75, 3.05) is 0 Å². The van der Waals surface area contributed by atoms with E-state index in [1.54, 1.807) is 19.1 Å². The summed E-state index contributed by atoms with van der Waals surface area (Å²) in [4.78, 5) is 20.4. The number of carbonyl (C=O) groups is 1. The second kappa shape index (κ2) is 6.92. The molecule has 134 valence electrons. The Balaban J connectivity index is 2.41. The van der Waals surface area contributed by atoms with Gasteiger partial charge in [-0.1, -0.05) is 39.8 Å². The summed E-state index contributed by atoms with van der Waals surface area (Å²) in [6, 6.07) is 5.27. The molecule has 0 fully saturated rings. The van der Waals surface area contributed by atoms with Crippen LogP contribution < -0.4 is 4.72 Å². The Labute approximate surface area is 148 Å². The molecule has 0 unspecified atom stereocenters. The zero-order chi connectivity index (χ0) is 18.8. The number of nitrogens with zero attached hydrogens (tertiary/aromatic N) is 2. The van der Waals surface area contributed by atoms with Crippen LogP contribution in [0.3, 0.4) is 0 Å². The molecule has 0 aliphatic heterocycles. The van der Waals surface area contributed by atoms with Crippen molar-refractivity contribution < 1.29 is 13.2 Å². The summed E-state index contributed by atoms with van der Waals surface area (Å²) < 4.78 is 27.6. The van der Waals surface area contributed by atoms with Crippen LogP contribution in [0.5, 0.6) is 0 Å². The standard InChI is InChI=1S/C18H23N3O3S/c1-6-15-14(10-19-11-20-15)17(22)21-25(23,24)16-9-13(18(3,4)5)8-7-12(16)2/h7-11H,6H2,1-5H3,(H,21,22). The highest BCUT2D eigenvalue weighted by Crippen LogP contribution is 2.26. The average Bonchev–Trinajstić information content (AvgIpc) is 2.53. The molecule has 0 aliphatic carbocycles. The summed E-state index contributed by atoms with van der Waals surface area (Å²) in [7, 11) is -4.00. The number of rotatable bonds is 4. The van der Waals surface area contributed by atoms with Gasteiger partial charge < -0.3 is 0 Å². The normalized spacial score (nSPS) is 12.0. The molecular weight excluding hydrogens is 338 g/mol. The van der Waals surface area contributed by atoms with Gasteiger partial charge in [0.25, 0.3) is 15.9 Å². The SMILES string of the molecule is CCc1ncncc1C(=O)NS(=O)(=O)c1cc(C(C)(C)C)ccc1C. The molecule has 2 rings (SSSR count). The number of aryl methyl sites for hydroxylation is 2. The minimum atomic E-state index is -4.00. The molecule has 1 aromatic carbocycles. The van der Waals surface area contributed by atoms with Crippen LogP contribution in [0, 0.1) is 6.92 Å². The molecule has 1 aromatic heterocycles. The number of hydrogen-bond acceptors (Lipinski definition) is 5. The predicted molar refractivity (Wildman–Crippen MR) is 95.9 cm³/mol. The molecule has 0 aliphatic rings. The molecule has 2 aromatic rings. The molecular formula is C18H23N3O3S. The Kier molecular flexibility index (Phi) is 5.27. The Hall–Kier alpha value is -2.28. The number of amides is 1. The fraction of sp³-hybridized carbons (Fsp3) is 0.389. The zero-order valence-electron chi connectivity index (χ0n) is 15.1. The summed E-state index contributed by atoms with van der Waals surface area (Å²) in [6.07, 6.45) is 3.17. The lowest BCUT2D eigenvalue weighted by atomic mass is 9.87. The summed E-state index contributed by atoms with van der Waals surface area (Å²) in [6.45, 7) is 9.55. The minimum Gasteiger partial charge on any atom is -0.268 e. The second-order valence-corrected chi connectivity index (χ2v) is 8.55. The van der Waals surface area contributed by atoms with Gasteiger partial charge in [-0.05, 0) is 36.0 Å². The maximum absolute atomic E-state index is 12.7. The van der Waals surface area contributed by atoms with Crippen LogP contribution in [0.2, 0.25) is 0 Å². The van der Waals surface area contributed by atoms with Gasteiger partial charge in [0, 0.05) is 6.20 Å². The maximum Gasteiger partial charge on any atom is 0.268 e. The van der Waals surface area contributed by atoms with Crippen molar-refractivity contribution in [3.8, 4) is 0 Å². The minimum absolute atomic E-state index is 0.100. The van der Waals surface area contributed by atoms with E-state index in [4.69, 9.17) is 0 Å². The third kappa shape index (κ3) is 4.22. The molecule has 0 saturated carbocycles. The quantitative estimate of drug-likeness (QED) is 0.904. The van der Waals surface area contributed by atoms with Gasteiger partial charge >= 0.3 is 0 Å². The van der Waals surface area contributed by atoms with Crippen LogP contribution in [0.25, 0.3) is 0 Å². The van der Waals surface area contributed by atoms with Gasteiger partial charge in [0.15, 0.2) is 0 Å². The van der Waals surface area contributed by atoms with Gasteiger partial charge in [0.1, 0.15) is 6.33 Å². The molecule has 1 amide bonds. The zero-order valence-corrected chi connectivity index (χ0v) is 15.9. The fourth-order valence-corrected chi connectivity index (χ4v) is 3.65. The average molecular weight is 361 g/mol. The molecule has 0 radical (unpaired) electrons. The van der Waals surface area contributed by atoms with E-state index in [0.717, 1.165) is 5.56 Å². The monoisotopic (exact) mass is 361 g/mol. The number of hydrogen-bond donors (Lipinski definition) is 1. The number of carbonyl (C=O) groups excluding carboxylic acids is 1. The van der Waals surface area contributed by atoms with Crippen molar-refractivity contribution in [2.45, 2.75) is 51.3 Å². The number of benzene rings is 1. The second-order valence-electron chi connectivity index (χ2n) is 6.90. The van der Waals surface area contributed by atoms with Crippen LogP contribution in [-0.4, -0.2) is 24.3 Å². The van der Waals surface area contributed by atoms with Gasteiger partial charge in [0.2, 0.25) is 0 Å². The van der Waals surface area contributed by atoms with Gasteiger partial charge in [-0.3, -0.25) is 4.79 Å². The summed E-state index contributed by atoms with van der Waals surface area (Å²) >= 11 is 0. The molecule has 1 heterocycles. The van der Waals surface area contributed by atoms with E-state index in [-0.39, 0.29) is 15.9 Å². The predicted octanol–water partition coefficient (Wildman–Crippen LogP) is 2.76. The number of aromatic nitrogens is 2. The lowest BCUT2D eigenvalue weighted by molar-refractivity contribution is 0.0979. The molecule has 25 heavy (non-hydrogen) atoms. The summed E-state index contributed by atoms with van der Waals surface area (Å²) in [5, 5.41) is 0. The fourth-order valence-electron chi connectivity index (χ4n) is 2.41. The Morgan fingerprint density at radius 3 is 2.52 bits per heavy atom. The van der Waals surface area contributed by atoms with Crippen molar-refractivity contribution in [1.29, 1.82) is 0 Å². The van der Waals surface area contributed by atoms with Crippen molar-refractivity contribution in [3.05, 3.63) is 53.1 Å². The molecule has 0 saturated heterocycles. The van der Waals surface area contributed by atoms with Crippen molar-refractivity contribution in [2.24, 2.45) is 0 Å². The Morgan fingerprint density at radius 2 is 1.92 bits per heavy atom. The van der Waals surface area contributed by atoms with E-state index in [1.807, 2.05) is 33.8 Å². The maximum atomic E-state index is 12.7. The summed E-state index contributed by atoms with van der Waals surface area (Å²) in [5.41, 5.74) is 1.92. The van der Waals surface area contributed by atoms with Gasteiger partial charge in [-0.15, -0.1) is 0 Å². The van der Waals surface area contributed by atoms with Crippen LogP contribution >= 0.6 is 0 Å². The van der Waals surface area contributed by atoms with Crippen LogP contribution in [0.15, 0.2) is 35.6 Å². The van der Waals surface area contributed by atoms with Crippen LogP contribution in [-0.2, 0) is 21.9 Å². The number of nitrogens with one attached hydrogen (secondary N) is 1. The van der Waals surface area contributed by atoms with Gasteiger partial charge in [-0.2, -0.15) is 0 Å². The van der Waals surface area contributed by atoms with Crippen LogP contribution in [0.1, 0.15) is 54.9 Å². The molecule has 0 atom stereocenters. The molecule has 0 spiro atoms. The van der Waals surface area contributed by atoms with Crippen molar-refractivity contribution in [1.82, 2.24) is 14.7 Å². The first-order chi connectivity index (χ1) is 11.6. The Bertz CT molecular complexity index is 900. The first kappa shape index (κ1) is 19.1. The van der Waals surface area contributed by atoms with E-state index in [1.165, 1.54) is 12.5 Å². The van der Waals surface area contributed by atoms with E-state index < -0.39 is 15.9 Å². The number of sulfonamides is 1. The molecule has 6 nitrogen and oxygen atoms in total. The van der Waals surface area contributed by atoms with Crippen molar-refractivity contribution in [3.63, 3.8) is 0 Å². The van der Waals surface area contributed by atoms with Gasteiger partial charge in [-0.25, -0.2) is 23.1 Å². The topological polar surface area (TPSA) is 89.0 Å². The van der Waals surface area contributed by atoms with E-state index in [0.29, 0.717) is 17.7 Å². The third-order valence-electron chi connectivity index (χ3n) is 3.95. The van der Waals surface area contributed by atoms with E-state index in [2.05, 4.69) is 14.7 Å². The smallest absolute Gasteiger partial charge is 0.268 e. The first-order valence-electron chi connectivity index (χ1n) is 8.03. The largest absolute Gasteiger partial charge is 0.268 e. The third-order valence-corrected chi connectivity index (χ3v) is 5.42. The highest BCUT2D eigenvalue weighted by molar-refractivity contribution is 7.90.